The van der Waals surface area contributed by atoms with Gasteiger partial charge in [-0.3, -0.25) is 9.97 Å². The topological polar surface area (TPSA) is 125 Å². The second-order valence-corrected chi connectivity index (χ2v) is 15.2. The summed E-state index contributed by atoms with van der Waals surface area (Å²) in [7, 11) is 0. The molecule has 0 spiro atoms. The minimum absolute atomic E-state index is 0.491. The maximum atomic E-state index is 4.93. The third kappa shape index (κ3) is 8.57. The van der Waals surface area contributed by atoms with Crippen LogP contribution in [0.1, 0.15) is 73.9 Å². The van der Waals surface area contributed by atoms with E-state index in [1.165, 1.54) is 0 Å². The summed E-state index contributed by atoms with van der Waals surface area (Å²) in [6, 6.07) is 13.0. The minimum Gasteiger partial charge on any atom is -0.366 e. The van der Waals surface area contributed by atoms with Gasteiger partial charge in [0.15, 0.2) is 11.3 Å². The molecule has 0 radical (unpaired) electrons. The number of nitrogens with one attached hydrogen (secondary N) is 3. The summed E-state index contributed by atoms with van der Waals surface area (Å²) in [5.41, 5.74) is 6.30. The molecule has 3 N–H and O–H groups in total. The van der Waals surface area contributed by atoms with Crippen LogP contribution in [0.2, 0.25) is 0 Å². The third-order valence-electron chi connectivity index (χ3n) is 9.73. The number of aromatic nitrogens is 8. The highest BCUT2D eigenvalue weighted by atomic mass is 79.9. The van der Waals surface area contributed by atoms with Crippen LogP contribution in [0.25, 0.3) is 11.3 Å². The molecule has 0 atom stereocenters. The molecule has 2 aliphatic heterocycles. The summed E-state index contributed by atoms with van der Waals surface area (Å²) in [6.45, 7) is 10.3. The number of halogens is 2. The van der Waals surface area contributed by atoms with Crippen molar-refractivity contribution in [1.29, 1.82) is 0 Å². The Labute approximate surface area is 315 Å². The normalized spacial score (nSPS) is 16.0. The van der Waals surface area contributed by atoms with Gasteiger partial charge in [-0.25, -0.2) is 9.97 Å². The molecule has 2 fully saturated rings. The average molecular weight is 817 g/mol. The summed E-state index contributed by atoms with van der Waals surface area (Å²) in [5.74, 6) is 2.92. The molecule has 2 saturated heterocycles. The van der Waals surface area contributed by atoms with E-state index in [1.54, 1.807) is 18.6 Å². The fourth-order valence-corrected chi connectivity index (χ4v) is 7.50. The lowest BCUT2D eigenvalue weighted by Crippen LogP contribution is -2.38. The predicted octanol–water partition coefficient (Wildman–Crippen LogP) is 7.05. The molecular formula is C37H44Br2N12. The number of likely N-dealkylation sites (tertiary alicyclic amines) is 1. The summed E-state index contributed by atoms with van der Waals surface area (Å²) in [5, 5.41) is 19.3. The smallest absolute Gasteiger partial charge is 0.171 e. The van der Waals surface area contributed by atoms with Gasteiger partial charge in [0.2, 0.25) is 0 Å². The molecule has 6 aromatic heterocycles. The SMILES string of the molecule is Brc1cnn2c(NCc3cccnc3)cc(C3CCNCC3)nc12.CC(C)N1CCC(c2cc(NCc3cccnc3)n3ncc(Br)c3n2)CC1. The van der Waals surface area contributed by atoms with Crippen LogP contribution in [0.5, 0.6) is 0 Å². The molecule has 2 aliphatic rings. The van der Waals surface area contributed by atoms with Crippen molar-refractivity contribution in [1.82, 2.24) is 49.4 Å². The van der Waals surface area contributed by atoms with E-state index in [2.05, 4.69) is 111 Å². The Bertz CT molecular complexity index is 2020. The lowest BCUT2D eigenvalue weighted by Gasteiger charge is -2.34. The summed E-state index contributed by atoms with van der Waals surface area (Å²) < 4.78 is 5.56. The molecule has 0 unspecified atom stereocenters. The van der Waals surface area contributed by atoms with Crippen molar-refractivity contribution in [3.05, 3.63) is 105 Å². The molecule has 12 nitrogen and oxygen atoms in total. The Morgan fingerprint density at radius 2 is 1.22 bits per heavy atom. The molecule has 0 bridgehead atoms. The van der Waals surface area contributed by atoms with Gasteiger partial charge in [-0.2, -0.15) is 19.2 Å². The highest BCUT2D eigenvalue weighted by Gasteiger charge is 2.25. The van der Waals surface area contributed by atoms with Gasteiger partial charge in [-0.1, -0.05) is 12.1 Å². The largest absolute Gasteiger partial charge is 0.366 e. The van der Waals surface area contributed by atoms with E-state index in [1.807, 2.05) is 39.8 Å². The van der Waals surface area contributed by atoms with Crippen molar-refractivity contribution < 1.29 is 0 Å². The molecule has 8 rings (SSSR count). The average Bonchev–Trinajstić information content (AvgIpc) is 3.75. The molecule has 0 aliphatic carbocycles. The number of pyridine rings is 2. The van der Waals surface area contributed by atoms with Gasteiger partial charge in [0.05, 0.1) is 21.3 Å². The third-order valence-corrected chi connectivity index (χ3v) is 10.8. The summed E-state index contributed by atoms with van der Waals surface area (Å²) in [6.07, 6.45) is 15.5. The highest BCUT2D eigenvalue weighted by Crippen LogP contribution is 2.32. The molecule has 0 saturated carbocycles. The monoisotopic (exact) mass is 814 g/mol. The second-order valence-electron chi connectivity index (χ2n) is 13.4. The predicted molar refractivity (Wildman–Crippen MR) is 208 cm³/mol. The van der Waals surface area contributed by atoms with E-state index in [0.717, 1.165) is 106 Å². The zero-order valence-corrected chi connectivity index (χ0v) is 32.2. The Morgan fingerprint density at radius 1 is 0.725 bits per heavy atom. The van der Waals surface area contributed by atoms with Crippen LogP contribution in [0.3, 0.4) is 0 Å². The van der Waals surface area contributed by atoms with Gasteiger partial charge in [-0.15, -0.1) is 0 Å². The van der Waals surface area contributed by atoms with Crippen LogP contribution in [-0.2, 0) is 13.1 Å². The molecule has 51 heavy (non-hydrogen) atoms. The minimum atomic E-state index is 0.491. The quantitative estimate of drug-likeness (QED) is 0.140. The van der Waals surface area contributed by atoms with Crippen molar-refractivity contribution in [3.63, 3.8) is 0 Å². The molecule has 0 aromatic carbocycles. The first-order valence-corrected chi connectivity index (χ1v) is 19.3. The van der Waals surface area contributed by atoms with Crippen LogP contribution in [0.15, 0.2) is 82.5 Å². The van der Waals surface area contributed by atoms with Gasteiger partial charge in [0, 0.05) is 79.3 Å². The van der Waals surface area contributed by atoms with Crippen molar-refractivity contribution in [2.24, 2.45) is 0 Å². The Hall–Kier alpha value is -3.98. The summed E-state index contributed by atoms with van der Waals surface area (Å²) in [4.78, 5) is 20.7. The first-order valence-electron chi connectivity index (χ1n) is 17.7. The zero-order chi connectivity index (χ0) is 35.2. The van der Waals surface area contributed by atoms with E-state index in [4.69, 9.17) is 9.97 Å². The van der Waals surface area contributed by atoms with Gasteiger partial charge < -0.3 is 20.9 Å². The van der Waals surface area contributed by atoms with Crippen LogP contribution in [-0.4, -0.2) is 76.3 Å². The number of rotatable bonds is 9. The summed E-state index contributed by atoms with van der Waals surface area (Å²) >= 11 is 7.15. The maximum Gasteiger partial charge on any atom is 0.171 e. The van der Waals surface area contributed by atoms with Crippen LogP contribution < -0.4 is 16.0 Å². The van der Waals surface area contributed by atoms with E-state index >= 15 is 0 Å². The Kier molecular flexibility index (Phi) is 11.5. The molecule has 14 heteroatoms. The first kappa shape index (κ1) is 35.4. The van der Waals surface area contributed by atoms with E-state index in [0.29, 0.717) is 31.0 Å². The fraction of sp³-hybridized carbons (Fsp3) is 0.405. The fourth-order valence-electron chi connectivity index (χ4n) is 6.80. The molecule has 8 heterocycles. The number of nitrogens with zero attached hydrogens (tertiary/aromatic N) is 9. The number of fused-ring (bicyclic) bond motifs is 2. The van der Waals surface area contributed by atoms with Crippen molar-refractivity contribution in [3.8, 4) is 0 Å². The van der Waals surface area contributed by atoms with Crippen LogP contribution in [0.4, 0.5) is 11.6 Å². The highest BCUT2D eigenvalue weighted by molar-refractivity contribution is 9.11. The van der Waals surface area contributed by atoms with Crippen molar-refractivity contribution in [2.45, 2.75) is 70.5 Å². The van der Waals surface area contributed by atoms with Gasteiger partial charge >= 0.3 is 0 Å². The molecule has 6 aromatic rings. The van der Waals surface area contributed by atoms with Gasteiger partial charge in [-0.05, 0) is 121 Å². The standard InChI is InChI=1S/C20H25BrN6.C17H19BrN6/c1-14(2)26-8-5-16(6-9-26)18-10-19(23-12-15-4-3-7-22-11-15)27-20(25-18)17(21)13-24-27;18-14-11-22-24-16(21-10-12-2-1-5-20-9-12)8-15(23-17(14)24)13-3-6-19-7-4-13/h3-4,7,10-11,13-14,16,23H,5-6,8-9,12H2,1-2H3;1-2,5,8-9,11,13,19,21H,3-4,6-7,10H2. The first-order chi connectivity index (χ1) is 24.9. The van der Waals surface area contributed by atoms with E-state index < -0.39 is 0 Å². The number of hydrogen-bond donors (Lipinski definition) is 3. The second kappa shape index (κ2) is 16.6. The van der Waals surface area contributed by atoms with E-state index in [-0.39, 0.29) is 0 Å². The van der Waals surface area contributed by atoms with Gasteiger partial charge in [0.1, 0.15) is 11.6 Å². The number of piperidine rings is 2. The lowest BCUT2D eigenvalue weighted by molar-refractivity contribution is 0.171. The Balaban J connectivity index is 0.000000160. The number of anilines is 2. The van der Waals surface area contributed by atoms with Crippen molar-refractivity contribution >= 4 is 54.8 Å². The van der Waals surface area contributed by atoms with Crippen LogP contribution in [0, 0.1) is 0 Å². The van der Waals surface area contributed by atoms with E-state index in [9.17, 15) is 0 Å². The van der Waals surface area contributed by atoms with Crippen molar-refractivity contribution in [2.75, 3.05) is 36.8 Å². The maximum absolute atomic E-state index is 4.93. The number of hydrogen-bond acceptors (Lipinski definition) is 10. The zero-order valence-electron chi connectivity index (χ0n) is 29.0. The Morgan fingerprint density at radius 3 is 1.67 bits per heavy atom. The molecular weight excluding hydrogens is 772 g/mol. The van der Waals surface area contributed by atoms with Crippen LogP contribution >= 0.6 is 31.9 Å². The lowest BCUT2D eigenvalue weighted by atomic mass is 9.92. The molecule has 0 amide bonds. The molecule has 266 valence electrons. The van der Waals surface area contributed by atoms with Gasteiger partial charge in [0.25, 0.3) is 0 Å².